The quantitative estimate of drug-likeness (QED) is 0.813. The van der Waals surface area contributed by atoms with Crippen LogP contribution < -0.4 is 5.32 Å². The Balaban J connectivity index is 2.36. The highest BCUT2D eigenvalue weighted by Gasteiger charge is 2.34. The number of carbonyl (C=O) groups is 2. The molecule has 0 aliphatic rings. The number of halogens is 3. The molecule has 134 valence electrons. The van der Waals surface area contributed by atoms with Crippen molar-refractivity contribution in [1.29, 1.82) is 0 Å². The standard InChI is InChI=1S/C17H17F3N2O3/c1-4-25-16(24)14-9(2)13(10(3)21-14)15(23)22-12-8-6-5-7-11(12)17(18,19)20/h5-8,21H,4H2,1-3H3,(H,22,23). The van der Waals surface area contributed by atoms with Gasteiger partial charge in [0.05, 0.1) is 23.4 Å². The van der Waals surface area contributed by atoms with Gasteiger partial charge in [-0.3, -0.25) is 4.79 Å². The lowest BCUT2D eigenvalue weighted by molar-refractivity contribution is -0.136. The van der Waals surface area contributed by atoms with Crippen LogP contribution in [0.5, 0.6) is 0 Å². The van der Waals surface area contributed by atoms with Crippen molar-refractivity contribution >= 4 is 17.6 Å². The zero-order valence-corrected chi connectivity index (χ0v) is 13.9. The Hall–Kier alpha value is -2.77. The van der Waals surface area contributed by atoms with Crippen molar-refractivity contribution < 1.29 is 27.5 Å². The van der Waals surface area contributed by atoms with Crippen LogP contribution in [0, 0.1) is 13.8 Å². The van der Waals surface area contributed by atoms with Gasteiger partial charge in [0.2, 0.25) is 0 Å². The lowest BCUT2D eigenvalue weighted by Gasteiger charge is -2.13. The van der Waals surface area contributed by atoms with E-state index in [4.69, 9.17) is 4.74 Å². The van der Waals surface area contributed by atoms with Crippen LogP contribution >= 0.6 is 0 Å². The number of aromatic amines is 1. The molecule has 0 aliphatic carbocycles. The van der Waals surface area contributed by atoms with Gasteiger partial charge < -0.3 is 15.0 Å². The number of esters is 1. The second-order valence-electron chi connectivity index (χ2n) is 5.34. The van der Waals surface area contributed by atoms with Crippen molar-refractivity contribution in [2.24, 2.45) is 0 Å². The normalized spacial score (nSPS) is 11.3. The van der Waals surface area contributed by atoms with Gasteiger partial charge in [-0.25, -0.2) is 4.79 Å². The average molecular weight is 354 g/mol. The van der Waals surface area contributed by atoms with Crippen molar-refractivity contribution in [3.8, 4) is 0 Å². The van der Waals surface area contributed by atoms with E-state index in [0.29, 0.717) is 11.3 Å². The lowest BCUT2D eigenvalue weighted by Crippen LogP contribution is -2.18. The second-order valence-corrected chi connectivity index (χ2v) is 5.34. The van der Waals surface area contributed by atoms with Crippen LogP contribution in [0.1, 0.15) is 44.6 Å². The molecular weight excluding hydrogens is 337 g/mol. The predicted octanol–water partition coefficient (Wildman–Crippen LogP) is 4.08. The number of H-pyrrole nitrogens is 1. The van der Waals surface area contributed by atoms with Gasteiger partial charge in [0, 0.05) is 5.69 Å². The summed E-state index contributed by atoms with van der Waals surface area (Å²) in [6.07, 6.45) is -4.60. The zero-order valence-electron chi connectivity index (χ0n) is 13.9. The van der Waals surface area contributed by atoms with Crippen molar-refractivity contribution in [3.05, 3.63) is 52.3 Å². The van der Waals surface area contributed by atoms with Crippen molar-refractivity contribution in [2.75, 3.05) is 11.9 Å². The summed E-state index contributed by atoms with van der Waals surface area (Å²) in [5, 5.41) is 2.27. The molecule has 0 radical (unpaired) electrons. The Kier molecular flexibility index (Phi) is 5.20. The van der Waals surface area contributed by atoms with Gasteiger partial charge in [-0.1, -0.05) is 12.1 Å². The van der Waals surface area contributed by atoms with E-state index in [2.05, 4.69) is 10.3 Å². The highest BCUT2D eigenvalue weighted by atomic mass is 19.4. The smallest absolute Gasteiger partial charge is 0.418 e. The molecule has 1 aromatic heterocycles. The first-order valence-electron chi connectivity index (χ1n) is 7.50. The molecule has 0 bridgehead atoms. The molecule has 0 fully saturated rings. The molecule has 1 aromatic carbocycles. The fourth-order valence-corrected chi connectivity index (χ4v) is 2.52. The lowest BCUT2D eigenvalue weighted by atomic mass is 10.1. The first-order chi connectivity index (χ1) is 11.7. The first-order valence-corrected chi connectivity index (χ1v) is 7.50. The molecule has 1 heterocycles. The minimum absolute atomic E-state index is 0.105. The number of alkyl halides is 3. The van der Waals surface area contributed by atoms with Crippen molar-refractivity contribution in [3.63, 3.8) is 0 Å². The maximum Gasteiger partial charge on any atom is 0.418 e. The number of para-hydroxylation sites is 1. The number of amides is 1. The van der Waals surface area contributed by atoms with Crippen LogP contribution in [0.2, 0.25) is 0 Å². The first kappa shape index (κ1) is 18.6. The number of ether oxygens (including phenoxy) is 1. The van der Waals surface area contributed by atoms with E-state index in [-0.39, 0.29) is 23.6 Å². The summed E-state index contributed by atoms with van der Waals surface area (Å²) in [5.41, 5.74) is -0.397. The largest absolute Gasteiger partial charge is 0.461 e. The molecule has 25 heavy (non-hydrogen) atoms. The number of anilines is 1. The number of aryl methyl sites for hydroxylation is 1. The van der Waals surface area contributed by atoms with E-state index < -0.39 is 23.6 Å². The highest BCUT2D eigenvalue weighted by Crippen LogP contribution is 2.35. The number of hydrogen-bond donors (Lipinski definition) is 2. The van der Waals surface area contributed by atoms with Gasteiger partial charge in [-0.15, -0.1) is 0 Å². The molecule has 0 aliphatic heterocycles. The van der Waals surface area contributed by atoms with E-state index in [9.17, 15) is 22.8 Å². The Labute approximate surface area is 142 Å². The van der Waals surface area contributed by atoms with Crippen LogP contribution in [0.4, 0.5) is 18.9 Å². The Morgan fingerprint density at radius 3 is 2.44 bits per heavy atom. The number of aromatic nitrogens is 1. The van der Waals surface area contributed by atoms with Gasteiger partial charge in [-0.05, 0) is 38.5 Å². The van der Waals surface area contributed by atoms with Crippen molar-refractivity contribution in [2.45, 2.75) is 26.9 Å². The Bertz CT molecular complexity index is 810. The second kappa shape index (κ2) is 7.00. The maximum absolute atomic E-state index is 13.0. The van der Waals surface area contributed by atoms with Crippen LogP contribution in [0.3, 0.4) is 0 Å². The number of rotatable bonds is 4. The highest BCUT2D eigenvalue weighted by molar-refractivity contribution is 6.08. The third kappa shape index (κ3) is 3.84. The molecule has 0 saturated carbocycles. The van der Waals surface area contributed by atoms with E-state index in [1.807, 2.05) is 0 Å². The molecule has 0 atom stereocenters. The summed E-state index contributed by atoms with van der Waals surface area (Å²) in [6.45, 7) is 4.89. The van der Waals surface area contributed by atoms with E-state index in [0.717, 1.165) is 6.07 Å². The van der Waals surface area contributed by atoms with Crippen LogP contribution in [0.15, 0.2) is 24.3 Å². The zero-order chi connectivity index (χ0) is 18.8. The molecule has 2 N–H and O–H groups in total. The van der Waals surface area contributed by atoms with Gasteiger partial charge in [-0.2, -0.15) is 13.2 Å². The van der Waals surface area contributed by atoms with Gasteiger partial charge in [0.1, 0.15) is 5.69 Å². The molecule has 2 rings (SSSR count). The molecule has 1 amide bonds. The summed E-state index contributed by atoms with van der Waals surface area (Å²) in [4.78, 5) is 27.1. The number of benzene rings is 1. The molecule has 2 aromatic rings. The Morgan fingerprint density at radius 2 is 1.84 bits per heavy atom. The van der Waals surface area contributed by atoms with E-state index in [1.165, 1.54) is 25.1 Å². The third-order valence-corrected chi connectivity index (χ3v) is 3.62. The maximum atomic E-state index is 13.0. The molecule has 0 saturated heterocycles. The van der Waals surface area contributed by atoms with Gasteiger partial charge in [0.25, 0.3) is 5.91 Å². The number of carbonyl (C=O) groups excluding carboxylic acids is 2. The van der Waals surface area contributed by atoms with Crippen LogP contribution in [0.25, 0.3) is 0 Å². The Morgan fingerprint density at radius 1 is 1.20 bits per heavy atom. The number of nitrogens with one attached hydrogen (secondary N) is 2. The molecular formula is C17H17F3N2O3. The minimum Gasteiger partial charge on any atom is -0.461 e. The molecule has 5 nitrogen and oxygen atoms in total. The summed E-state index contributed by atoms with van der Waals surface area (Å²) < 4.78 is 44.0. The van der Waals surface area contributed by atoms with Crippen LogP contribution in [-0.4, -0.2) is 23.5 Å². The summed E-state index contributed by atoms with van der Waals surface area (Å²) in [5.74, 6) is -1.36. The topological polar surface area (TPSA) is 71.2 Å². The minimum atomic E-state index is -4.60. The molecule has 0 unspecified atom stereocenters. The molecule has 8 heteroatoms. The summed E-state index contributed by atoms with van der Waals surface area (Å²) in [7, 11) is 0. The summed E-state index contributed by atoms with van der Waals surface area (Å²) in [6, 6.07) is 4.69. The monoisotopic (exact) mass is 354 g/mol. The average Bonchev–Trinajstić information content (AvgIpc) is 2.82. The SMILES string of the molecule is CCOC(=O)c1[nH]c(C)c(C(=O)Nc2ccccc2C(F)(F)F)c1C. The predicted molar refractivity (Wildman–Crippen MR) is 85.6 cm³/mol. The molecule has 0 spiro atoms. The van der Waals surface area contributed by atoms with Gasteiger partial charge in [0.15, 0.2) is 0 Å². The van der Waals surface area contributed by atoms with E-state index in [1.54, 1.807) is 13.8 Å². The van der Waals surface area contributed by atoms with Crippen LogP contribution in [-0.2, 0) is 10.9 Å². The summed E-state index contributed by atoms with van der Waals surface area (Å²) >= 11 is 0. The fourth-order valence-electron chi connectivity index (χ4n) is 2.52. The fraction of sp³-hybridized carbons (Fsp3) is 0.294. The number of hydrogen-bond acceptors (Lipinski definition) is 3. The van der Waals surface area contributed by atoms with E-state index >= 15 is 0 Å². The van der Waals surface area contributed by atoms with Crippen molar-refractivity contribution in [1.82, 2.24) is 4.98 Å². The third-order valence-electron chi connectivity index (χ3n) is 3.62. The van der Waals surface area contributed by atoms with Gasteiger partial charge >= 0.3 is 12.1 Å².